The molecule has 1 aromatic carbocycles. The van der Waals surface area contributed by atoms with Crippen molar-refractivity contribution in [2.45, 2.75) is 27.2 Å². The van der Waals surface area contributed by atoms with Gasteiger partial charge in [0.25, 0.3) is 0 Å². The van der Waals surface area contributed by atoms with Gasteiger partial charge < -0.3 is 9.47 Å². The minimum atomic E-state index is -0.490. The summed E-state index contributed by atoms with van der Waals surface area (Å²) < 4.78 is 10.9. The molecule has 0 unspecified atom stereocenters. The summed E-state index contributed by atoms with van der Waals surface area (Å²) in [6, 6.07) is 3.12. The zero-order valence-electron chi connectivity index (χ0n) is 14.9. The standard InChI is InChI=1S/C18H24N2O5/c1-4-19-8-7-16(21)14(12-19)9-13-10-15(20(22)23)18(25-6-3)17(11-13)24-5-2/h9-11H,4-8,12H2,1-3H3/b14-9+. The number of carbonyl (C=O) groups is 1. The topological polar surface area (TPSA) is 81.9 Å². The van der Waals surface area contributed by atoms with Crippen molar-refractivity contribution in [1.29, 1.82) is 0 Å². The van der Waals surface area contributed by atoms with Gasteiger partial charge in [-0.15, -0.1) is 0 Å². The van der Waals surface area contributed by atoms with E-state index in [9.17, 15) is 14.9 Å². The minimum absolute atomic E-state index is 0.0826. The van der Waals surface area contributed by atoms with Crippen LogP contribution >= 0.6 is 0 Å². The van der Waals surface area contributed by atoms with Gasteiger partial charge >= 0.3 is 5.69 Å². The van der Waals surface area contributed by atoms with Crippen LogP contribution in [-0.2, 0) is 4.79 Å². The highest BCUT2D eigenvalue weighted by Crippen LogP contribution is 2.39. The maximum absolute atomic E-state index is 12.2. The molecule has 0 N–H and O–H groups in total. The van der Waals surface area contributed by atoms with Gasteiger partial charge in [0.2, 0.25) is 5.75 Å². The van der Waals surface area contributed by atoms with Gasteiger partial charge in [0.05, 0.1) is 18.1 Å². The highest BCUT2D eigenvalue weighted by Gasteiger charge is 2.24. The lowest BCUT2D eigenvalue weighted by Gasteiger charge is -2.26. The third-order valence-corrected chi connectivity index (χ3v) is 4.04. The molecule has 1 aliphatic heterocycles. The summed E-state index contributed by atoms with van der Waals surface area (Å²) in [5.41, 5.74) is 1.07. The van der Waals surface area contributed by atoms with Crippen LogP contribution in [0.5, 0.6) is 11.5 Å². The molecule has 0 spiro atoms. The van der Waals surface area contributed by atoms with E-state index in [0.29, 0.717) is 43.1 Å². The number of piperidine rings is 1. The van der Waals surface area contributed by atoms with Gasteiger partial charge in [0.1, 0.15) is 0 Å². The zero-order valence-corrected chi connectivity index (χ0v) is 14.9. The lowest BCUT2D eigenvalue weighted by molar-refractivity contribution is -0.386. The first-order valence-corrected chi connectivity index (χ1v) is 8.54. The summed E-state index contributed by atoms with van der Waals surface area (Å²) >= 11 is 0. The molecule has 1 aromatic rings. The van der Waals surface area contributed by atoms with E-state index in [1.165, 1.54) is 6.07 Å². The first-order valence-electron chi connectivity index (χ1n) is 8.54. The van der Waals surface area contributed by atoms with Gasteiger partial charge in [-0.1, -0.05) is 6.92 Å². The molecule has 7 heteroatoms. The molecule has 0 aliphatic carbocycles. The SMILES string of the molecule is CCOc1cc(/C=C2\CN(CC)CCC2=O)cc([N+](=O)[O-])c1OCC. The van der Waals surface area contributed by atoms with Crippen molar-refractivity contribution in [2.24, 2.45) is 0 Å². The third kappa shape index (κ3) is 4.57. The van der Waals surface area contributed by atoms with Crippen molar-refractivity contribution in [3.63, 3.8) is 0 Å². The smallest absolute Gasteiger partial charge is 0.315 e. The number of rotatable bonds is 7. The number of nitrogens with zero attached hydrogens (tertiary/aromatic N) is 2. The molecule has 136 valence electrons. The number of likely N-dealkylation sites (tertiary alicyclic amines) is 1. The molecular formula is C18H24N2O5. The quantitative estimate of drug-likeness (QED) is 0.428. The van der Waals surface area contributed by atoms with Crippen LogP contribution in [0.2, 0.25) is 0 Å². The average molecular weight is 348 g/mol. The summed E-state index contributed by atoms with van der Waals surface area (Å²) in [5.74, 6) is 0.529. The number of hydrogen-bond acceptors (Lipinski definition) is 6. The van der Waals surface area contributed by atoms with E-state index in [4.69, 9.17) is 9.47 Å². The summed E-state index contributed by atoms with van der Waals surface area (Å²) in [6.45, 7) is 8.43. The van der Waals surface area contributed by atoms with Gasteiger partial charge in [-0.25, -0.2) is 0 Å². The lowest BCUT2D eigenvalue weighted by Crippen LogP contribution is -2.35. The predicted molar refractivity (Wildman–Crippen MR) is 95.1 cm³/mol. The second-order valence-electron chi connectivity index (χ2n) is 5.70. The van der Waals surface area contributed by atoms with Crippen molar-refractivity contribution in [2.75, 3.05) is 32.8 Å². The van der Waals surface area contributed by atoms with E-state index in [0.717, 1.165) is 13.1 Å². The van der Waals surface area contributed by atoms with Crippen LogP contribution in [0.4, 0.5) is 5.69 Å². The molecule has 2 rings (SSSR count). The van der Waals surface area contributed by atoms with Gasteiger partial charge in [-0.2, -0.15) is 0 Å². The fourth-order valence-electron chi connectivity index (χ4n) is 2.80. The third-order valence-electron chi connectivity index (χ3n) is 4.04. The van der Waals surface area contributed by atoms with E-state index >= 15 is 0 Å². The largest absolute Gasteiger partial charge is 0.490 e. The lowest BCUT2D eigenvalue weighted by atomic mass is 10.00. The Morgan fingerprint density at radius 1 is 1.24 bits per heavy atom. The number of hydrogen-bond donors (Lipinski definition) is 0. The molecule has 0 saturated carbocycles. The van der Waals surface area contributed by atoms with Gasteiger partial charge in [0.15, 0.2) is 11.5 Å². The maximum atomic E-state index is 12.2. The Labute approximate surface area is 147 Å². The van der Waals surface area contributed by atoms with E-state index in [1.807, 2.05) is 6.92 Å². The summed E-state index contributed by atoms with van der Waals surface area (Å²) in [5, 5.41) is 11.4. The van der Waals surface area contributed by atoms with Crippen molar-refractivity contribution < 1.29 is 19.2 Å². The number of ketones is 1. The van der Waals surface area contributed by atoms with Crippen LogP contribution in [0.3, 0.4) is 0 Å². The number of carbonyl (C=O) groups excluding carboxylic acids is 1. The highest BCUT2D eigenvalue weighted by molar-refractivity contribution is 6.00. The van der Waals surface area contributed by atoms with Gasteiger partial charge in [-0.05, 0) is 38.1 Å². The summed E-state index contributed by atoms with van der Waals surface area (Å²) in [6.07, 6.45) is 2.19. The molecule has 0 atom stereocenters. The fourth-order valence-corrected chi connectivity index (χ4v) is 2.80. The summed E-state index contributed by atoms with van der Waals surface area (Å²) in [7, 11) is 0. The van der Waals surface area contributed by atoms with Gasteiger partial charge in [-0.3, -0.25) is 19.8 Å². The second-order valence-corrected chi connectivity index (χ2v) is 5.70. The number of nitro benzene ring substituents is 1. The molecule has 1 heterocycles. The van der Waals surface area contributed by atoms with Gasteiger partial charge in [0, 0.05) is 31.1 Å². The van der Waals surface area contributed by atoms with Crippen LogP contribution in [0.1, 0.15) is 32.8 Å². The van der Waals surface area contributed by atoms with Crippen LogP contribution in [0.25, 0.3) is 6.08 Å². The molecule has 25 heavy (non-hydrogen) atoms. The number of ether oxygens (including phenoxy) is 2. The maximum Gasteiger partial charge on any atom is 0.315 e. The van der Waals surface area contributed by atoms with E-state index in [2.05, 4.69) is 4.90 Å². The molecule has 1 fully saturated rings. The predicted octanol–water partition coefficient (Wildman–Crippen LogP) is 3.07. The van der Waals surface area contributed by atoms with Crippen LogP contribution in [0, 0.1) is 10.1 Å². The number of Topliss-reactive ketones (excluding diaryl/α,β-unsaturated/α-hetero) is 1. The van der Waals surface area contributed by atoms with Crippen LogP contribution in [0.15, 0.2) is 17.7 Å². The second kappa shape index (κ2) is 8.62. The summed E-state index contributed by atoms with van der Waals surface area (Å²) in [4.78, 5) is 25.3. The zero-order chi connectivity index (χ0) is 18.4. The molecule has 1 saturated heterocycles. The normalized spacial score (nSPS) is 16.9. The molecule has 0 aromatic heterocycles. The van der Waals surface area contributed by atoms with Crippen molar-refractivity contribution >= 4 is 17.5 Å². The van der Waals surface area contributed by atoms with Crippen LogP contribution < -0.4 is 9.47 Å². The Morgan fingerprint density at radius 3 is 2.56 bits per heavy atom. The van der Waals surface area contributed by atoms with Crippen molar-refractivity contribution in [1.82, 2.24) is 4.90 Å². The fraction of sp³-hybridized carbons (Fsp3) is 0.500. The number of nitro groups is 1. The van der Waals surface area contributed by atoms with Crippen molar-refractivity contribution in [3.05, 3.63) is 33.4 Å². The molecular weight excluding hydrogens is 324 g/mol. The van der Waals surface area contributed by atoms with Crippen LogP contribution in [-0.4, -0.2) is 48.5 Å². The van der Waals surface area contributed by atoms with E-state index in [-0.39, 0.29) is 17.2 Å². The molecule has 0 bridgehead atoms. The molecule has 7 nitrogen and oxygen atoms in total. The number of benzene rings is 1. The average Bonchev–Trinajstić information content (AvgIpc) is 2.59. The van der Waals surface area contributed by atoms with E-state index in [1.54, 1.807) is 26.0 Å². The Bertz CT molecular complexity index is 684. The highest BCUT2D eigenvalue weighted by atomic mass is 16.6. The Morgan fingerprint density at radius 2 is 1.96 bits per heavy atom. The Hall–Kier alpha value is -2.41. The Balaban J connectivity index is 2.48. The molecule has 0 amide bonds. The van der Waals surface area contributed by atoms with Crippen molar-refractivity contribution in [3.8, 4) is 11.5 Å². The first-order chi connectivity index (χ1) is 12.0. The Kier molecular flexibility index (Phi) is 6.52. The number of likely N-dealkylation sites (N-methyl/N-ethyl adjacent to an activating group) is 1. The van der Waals surface area contributed by atoms with E-state index < -0.39 is 4.92 Å². The first kappa shape index (κ1) is 18.9. The molecule has 0 radical (unpaired) electrons. The monoisotopic (exact) mass is 348 g/mol. The minimum Gasteiger partial charge on any atom is -0.490 e. The molecule has 1 aliphatic rings.